The molecule has 202 valence electrons. The van der Waals surface area contributed by atoms with Crippen LogP contribution >= 0.6 is 11.3 Å². The second-order valence-corrected chi connectivity index (χ2v) is 7.51. The zero-order valence-electron chi connectivity index (χ0n) is 25.4. The van der Waals surface area contributed by atoms with Gasteiger partial charge in [-0.2, -0.15) is 0 Å². The molecule has 0 atom stereocenters. The van der Waals surface area contributed by atoms with E-state index in [4.69, 9.17) is 0 Å². The van der Waals surface area contributed by atoms with E-state index in [2.05, 4.69) is 45.0 Å². The Kier molecular flexibility index (Phi) is 44.0. The van der Waals surface area contributed by atoms with Gasteiger partial charge in [0.2, 0.25) is 0 Å². The lowest BCUT2D eigenvalue weighted by molar-refractivity contribution is 1.50. The van der Waals surface area contributed by atoms with Crippen molar-refractivity contribution in [3.8, 4) is 0 Å². The SMILES string of the molecule is C/C=C\C.C=C/C(C)=C\C=C/C.C=CC(=C)C.C=Cc1c(/C=C\C)sc(/C=C\C)c1C=C.CC.CC. The van der Waals surface area contributed by atoms with Gasteiger partial charge < -0.3 is 0 Å². The smallest absolute Gasteiger partial charge is 0.0351 e. The molecule has 0 aromatic carbocycles. The van der Waals surface area contributed by atoms with E-state index in [1.807, 2.05) is 137 Å². The first kappa shape index (κ1) is 43.2. The summed E-state index contributed by atoms with van der Waals surface area (Å²) >= 11 is 1.77. The molecule has 0 saturated carbocycles. The molecule has 0 spiro atoms. The summed E-state index contributed by atoms with van der Waals surface area (Å²) in [6.07, 6.45) is 25.7. The normalized spacial score (nSPS) is 9.81. The van der Waals surface area contributed by atoms with Crippen LogP contribution in [-0.4, -0.2) is 0 Å². The highest BCUT2D eigenvalue weighted by Gasteiger charge is 2.09. The Hall–Kier alpha value is -2.90. The summed E-state index contributed by atoms with van der Waals surface area (Å²) in [5.41, 5.74) is 4.58. The first-order chi connectivity index (χ1) is 17.3. The van der Waals surface area contributed by atoms with Crippen molar-refractivity contribution >= 4 is 35.6 Å². The second kappa shape index (κ2) is 36.7. The zero-order valence-corrected chi connectivity index (χ0v) is 26.3. The van der Waals surface area contributed by atoms with Gasteiger partial charge in [-0.3, -0.25) is 0 Å². The van der Waals surface area contributed by atoms with Gasteiger partial charge in [-0.05, 0) is 71.7 Å². The molecule has 0 radical (unpaired) electrons. The lowest BCUT2D eigenvalue weighted by atomic mass is 10.1. The standard InChI is InChI=1S/C14H16S.C8H12.C5H8.C4H8.2C2H6/c1-5-9-13-11(7-3)12(8-4)14(15-13)10-6-2;1-4-6-7-8(3)5-2;1-4-5(2)3;1-3-4-2;2*1-2/h5-10H,3-4H2,1-2H3;4-7H,2H2,1,3H3;4H,1-2H2,3H3;3-4H,1-2H3;2*1-2H3/b9-5-,10-6-;6-4-,8-7-;;4-3-;;. The lowest BCUT2D eigenvalue weighted by Gasteiger charge is -1.94. The molecule has 1 heterocycles. The molecule has 1 heteroatoms. The van der Waals surface area contributed by atoms with E-state index < -0.39 is 0 Å². The van der Waals surface area contributed by atoms with Gasteiger partial charge in [0.1, 0.15) is 0 Å². The molecule has 1 rings (SSSR count). The predicted octanol–water partition coefficient (Wildman–Crippen LogP) is 13.2. The van der Waals surface area contributed by atoms with Crippen molar-refractivity contribution < 1.29 is 0 Å². The molecule has 0 N–H and O–H groups in total. The largest absolute Gasteiger partial charge is 0.135 e. The highest BCUT2D eigenvalue weighted by Crippen LogP contribution is 2.32. The molecule has 0 nitrogen and oxygen atoms in total. The number of rotatable bonds is 7. The minimum Gasteiger partial charge on any atom is -0.135 e. The summed E-state index contributed by atoms with van der Waals surface area (Å²) in [5.74, 6) is 0. The summed E-state index contributed by atoms with van der Waals surface area (Å²) in [5, 5.41) is 0. The monoisotopic (exact) mass is 508 g/mol. The third kappa shape index (κ3) is 27.3. The van der Waals surface area contributed by atoms with Gasteiger partial charge in [0, 0.05) is 9.75 Å². The van der Waals surface area contributed by atoms with E-state index in [0.29, 0.717) is 0 Å². The van der Waals surface area contributed by atoms with Crippen LogP contribution in [0.1, 0.15) is 97.0 Å². The molecule has 0 bridgehead atoms. The number of hydrogen-bond donors (Lipinski definition) is 0. The third-order valence-electron chi connectivity index (χ3n) is 3.64. The van der Waals surface area contributed by atoms with Gasteiger partial charge >= 0.3 is 0 Å². The number of hydrogen-bond acceptors (Lipinski definition) is 1. The van der Waals surface area contributed by atoms with Crippen LogP contribution < -0.4 is 0 Å². The van der Waals surface area contributed by atoms with Crippen molar-refractivity contribution in [2.45, 2.75) is 76.2 Å². The summed E-state index contributed by atoms with van der Waals surface area (Å²) in [6.45, 7) is 40.3. The van der Waals surface area contributed by atoms with Crippen molar-refractivity contribution in [3.63, 3.8) is 0 Å². The first-order valence-corrected chi connectivity index (χ1v) is 13.5. The van der Waals surface area contributed by atoms with Crippen molar-refractivity contribution in [1.82, 2.24) is 0 Å². The molecule has 36 heavy (non-hydrogen) atoms. The molecular formula is C35H56S. The summed E-state index contributed by atoms with van der Waals surface area (Å²) < 4.78 is 0. The van der Waals surface area contributed by atoms with Crippen LogP contribution in [-0.2, 0) is 0 Å². The van der Waals surface area contributed by atoms with Crippen molar-refractivity contribution in [1.29, 1.82) is 0 Å². The Balaban J connectivity index is -0.000000129. The molecule has 0 amide bonds. The van der Waals surface area contributed by atoms with Crippen molar-refractivity contribution in [2.75, 3.05) is 0 Å². The molecule has 0 unspecified atom stereocenters. The zero-order chi connectivity index (χ0) is 29.4. The van der Waals surface area contributed by atoms with E-state index in [1.54, 1.807) is 17.4 Å². The number of allylic oxidation sites excluding steroid dienone is 11. The fourth-order valence-corrected chi connectivity index (χ4v) is 3.03. The van der Waals surface area contributed by atoms with Gasteiger partial charge in [0.05, 0.1) is 0 Å². The maximum Gasteiger partial charge on any atom is 0.0351 e. The van der Waals surface area contributed by atoms with Gasteiger partial charge in [-0.25, -0.2) is 0 Å². The minimum absolute atomic E-state index is 1.02. The highest BCUT2D eigenvalue weighted by molar-refractivity contribution is 7.14. The fraction of sp³-hybridized carbons (Fsp3) is 0.314. The maximum absolute atomic E-state index is 3.86. The Morgan fingerprint density at radius 3 is 1.17 bits per heavy atom. The predicted molar refractivity (Wildman–Crippen MR) is 181 cm³/mol. The van der Waals surface area contributed by atoms with Crippen LogP contribution in [0.3, 0.4) is 0 Å². The van der Waals surface area contributed by atoms with Crippen LogP contribution in [0.15, 0.2) is 98.7 Å². The second-order valence-electron chi connectivity index (χ2n) is 6.42. The summed E-state index contributed by atoms with van der Waals surface area (Å²) in [7, 11) is 0. The molecule has 0 aliphatic heterocycles. The molecule has 1 aromatic rings. The van der Waals surface area contributed by atoms with Gasteiger partial charge in [0.15, 0.2) is 0 Å². The van der Waals surface area contributed by atoms with E-state index >= 15 is 0 Å². The van der Waals surface area contributed by atoms with E-state index in [1.165, 1.54) is 26.5 Å². The van der Waals surface area contributed by atoms with Crippen molar-refractivity contribution in [3.05, 3.63) is 120 Å². The van der Waals surface area contributed by atoms with Gasteiger partial charge in [0.25, 0.3) is 0 Å². The lowest BCUT2D eigenvalue weighted by Crippen LogP contribution is -1.76. The Morgan fingerprint density at radius 1 is 0.611 bits per heavy atom. The van der Waals surface area contributed by atoms with Crippen LogP contribution in [0.4, 0.5) is 0 Å². The van der Waals surface area contributed by atoms with Gasteiger partial charge in [-0.15, -0.1) is 11.3 Å². The van der Waals surface area contributed by atoms with E-state index in [-0.39, 0.29) is 0 Å². The summed E-state index contributed by atoms with van der Waals surface area (Å²) in [4.78, 5) is 2.49. The third-order valence-corrected chi connectivity index (χ3v) is 4.79. The highest BCUT2D eigenvalue weighted by atomic mass is 32.1. The Labute approximate surface area is 231 Å². The maximum atomic E-state index is 3.86. The average molecular weight is 509 g/mol. The first-order valence-electron chi connectivity index (χ1n) is 12.7. The topological polar surface area (TPSA) is 0 Å². The van der Waals surface area contributed by atoms with Crippen molar-refractivity contribution in [2.24, 2.45) is 0 Å². The average Bonchev–Trinajstić information content (AvgIpc) is 3.26. The van der Waals surface area contributed by atoms with Crippen LogP contribution in [0.25, 0.3) is 24.3 Å². The van der Waals surface area contributed by atoms with Crippen LogP contribution in [0, 0.1) is 0 Å². The van der Waals surface area contributed by atoms with Crippen LogP contribution in [0.2, 0.25) is 0 Å². The summed E-state index contributed by atoms with van der Waals surface area (Å²) in [6, 6.07) is 0. The van der Waals surface area contributed by atoms with E-state index in [0.717, 1.165) is 5.57 Å². The molecule has 0 aliphatic carbocycles. The Bertz CT molecular complexity index is 788. The quantitative estimate of drug-likeness (QED) is 0.254. The van der Waals surface area contributed by atoms with E-state index in [9.17, 15) is 0 Å². The molecule has 0 aliphatic rings. The fourth-order valence-electron chi connectivity index (χ4n) is 1.78. The minimum atomic E-state index is 1.02. The molecular weight excluding hydrogens is 452 g/mol. The van der Waals surface area contributed by atoms with Crippen LogP contribution in [0.5, 0.6) is 0 Å². The molecule has 0 saturated heterocycles. The molecule has 1 aromatic heterocycles. The molecule has 0 fully saturated rings. The Morgan fingerprint density at radius 2 is 0.972 bits per heavy atom. The number of thiophene rings is 1. The van der Waals surface area contributed by atoms with Gasteiger partial charge in [-0.1, -0.05) is 139 Å².